The van der Waals surface area contributed by atoms with Gasteiger partial charge in [0.15, 0.2) is 34.5 Å². The molecule has 0 aliphatic carbocycles. The molecular weight excluding hydrogens is 590 g/mol. The van der Waals surface area contributed by atoms with Crippen molar-refractivity contribution in [1.29, 1.82) is 0 Å². The van der Waals surface area contributed by atoms with Crippen LogP contribution >= 0.6 is 0 Å². The van der Waals surface area contributed by atoms with Crippen molar-refractivity contribution in [1.82, 2.24) is 14.7 Å². The molecule has 7 bridgehead atoms. The van der Waals surface area contributed by atoms with Gasteiger partial charge in [-0.15, -0.1) is 0 Å². The molecule has 0 fully saturated rings. The van der Waals surface area contributed by atoms with Gasteiger partial charge in [-0.25, -0.2) is 0 Å². The summed E-state index contributed by atoms with van der Waals surface area (Å²) in [5.41, 5.74) is 7.42. The lowest BCUT2D eigenvalue weighted by molar-refractivity contribution is 0.218. The Morgan fingerprint density at radius 1 is 0.723 bits per heavy atom. The minimum atomic E-state index is 0.110. The predicted octanol–water partition coefficient (Wildman–Crippen LogP) is 7.18. The van der Waals surface area contributed by atoms with Gasteiger partial charge in [0.25, 0.3) is 0 Å². The van der Waals surface area contributed by atoms with Crippen molar-refractivity contribution in [3.8, 4) is 46.0 Å². The Labute approximate surface area is 277 Å². The topological polar surface area (TPSA) is 55.9 Å². The van der Waals surface area contributed by atoms with Gasteiger partial charge in [0.05, 0.1) is 7.11 Å². The number of hydrogen-bond donors (Lipinski definition) is 0. The molecular formula is C39H43N3O5. The summed E-state index contributed by atoms with van der Waals surface area (Å²) < 4.78 is 32.4. The smallest absolute Gasteiger partial charge is 0.212 e. The third-order valence-corrected chi connectivity index (χ3v) is 10.2. The molecule has 5 aliphatic heterocycles. The standard InChI is InChI=1S/C39H43N3O5/c1-40(2)16-17-44-32-11-8-25-19-30-29-23-35-34(21-26(29)12-14-41(30)3)46-38-36(43-5)22-27-13-15-42(4)31(37(27)39(38)47-35)18-24-6-9-28(10-7-24)45-33(32)20-25/h6-11,20-23,30-31H,12-19H2,1-5H3/t30-,31?/m0/s1. The average Bonchev–Trinajstić information content (AvgIpc) is 3.06. The van der Waals surface area contributed by atoms with E-state index in [1.165, 1.54) is 33.4 Å². The van der Waals surface area contributed by atoms with Crippen molar-refractivity contribution >= 4 is 0 Å². The highest BCUT2D eigenvalue weighted by atomic mass is 16.6. The van der Waals surface area contributed by atoms with Crippen LogP contribution in [0.25, 0.3) is 0 Å². The summed E-state index contributed by atoms with van der Waals surface area (Å²) in [7, 11) is 10.2. The SMILES string of the molecule is COc1cc2c3c4c1Oc1cc5c(cc1O4)[C@H](Cc1ccc(OCCN(C)C)c(c1)Oc1ccc(cc1)CC3N(C)CC2)N(C)CC5. The van der Waals surface area contributed by atoms with Gasteiger partial charge in [0.1, 0.15) is 12.4 Å². The van der Waals surface area contributed by atoms with Gasteiger partial charge >= 0.3 is 0 Å². The van der Waals surface area contributed by atoms with Crippen LogP contribution in [0.4, 0.5) is 0 Å². The normalized spacial score (nSPS) is 19.8. The van der Waals surface area contributed by atoms with Gasteiger partial charge in [-0.1, -0.05) is 18.2 Å². The molecule has 4 aromatic rings. The summed E-state index contributed by atoms with van der Waals surface area (Å²) in [5, 5.41) is 0. The Morgan fingerprint density at radius 3 is 2.21 bits per heavy atom. The molecule has 8 nitrogen and oxygen atoms in total. The molecule has 9 rings (SSSR count). The Bertz CT molecular complexity index is 1820. The first-order valence-electron chi connectivity index (χ1n) is 16.7. The summed E-state index contributed by atoms with van der Waals surface area (Å²) in [6.07, 6.45) is 3.51. The molecule has 0 N–H and O–H groups in total. The van der Waals surface area contributed by atoms with Crippen LogP contribution in [0.2, 0.25) is 0 Å². The van der Waals surface area contributed by atoms with E-state index in [2.05, 4.69) is 104 Å². The summed E-state index contributed by atoms with van der Waals surface area (Å²) >= 11 is 0. The van der Waals surface area contributed by atoms with Gasteiger partial charge in [0.2, 0.25) is 5.75 Å². The average molecular weight is 634 g/mol. The summed E-state index contributed by atoms with van der Waals surface area (Å²) in [4.78, 5) is 6.99. The number of rotatable bonds is 5. The van der Waals surface area contributed by atoms with E-state index in [1.807, 2.05) is 0 Å². The fraction of sp³-hybridized carbons (Fsp3) is 0.385. The highest BCUT2D eigenvalue weighted by Gasteiger charge is 2.37. The number of ether oxygens (including phenoxy) is 5. The van der Waals surface area contributed by atoms with Crippen molar-refractivity contribution in [2.45, 2.75) is 37.8 Å². The van der Waals surface area contributed by atoms with Crippen LogP contribution < -0.4 is 23.7 Å². The van der Waals surface area contributed by atoms with Gasteiger partial charge in [-0.3, -0.25) is 9.80 Å². The third kappa shape index (κ3) is 5.58. The van der Waals surface area contributed by atoms with Crippen LogP contribution in [-0.4, -0.2) is 76.2 Å². The van der Waals surface area contributed by atoms with E-state index in [-0.39, 0.29) is 12.1 Å². The van der Waals surface area contributed by atoms with E-state index >= 15 is 0 Å². The molecule has 47 heavy (non-hydrogen) atoms. The molecule has 0 aromatic heterocycles. The Balaban J connectivity index is 1.27. The van der Waals surface area contributed by atoms with Crippen LogP contribution in [0.3, 0.4) is 0 Å². The maximum absolute atomic E-state index is 6.94. The number of benzene rings is 4. The second-order valence-electron chi connectivity index (χ2n) is 13.6. The highest BCUT2D eigenvalue weighted by molar-refractivity contribution is 5.67. The van der Waals surface area contributed by atoms with Crippen LogP contribution in [0.15, 0.2) is 60.7 Å². The minimum absolute atomic E-state index is 0.110. The fourth-order valence-corrected chi connectivity index (χ4v) is 7.50. The Hall–Kier alpha value is -4.24. The van der Waals surface area contributed by atoms with E-state index in [0.717, 1.165) is 85.6 Å². The van der Waals surface area contributed by atoms with E-state index in [0.29, 0.717) is 12.4 Å². The molecule has 2 atom stereocenters. The van der Waals surface area contributed by atoms with Crippen LogP contribution in [0.1, 0.15) is 45.5 Å². The molecule has 8 heteroatoms. The van der Waals surface area contributed by atoms with Crippen molar-refractivity contribution < 1.29 is 23.7 Å². The van der Waals surface area contributed by atoms with E-state index in [1.54, 1.807) is 7.11 Å². The monoisotopic (exact) mass is 633 g/mol. The lowest BCUT2D eigenvalue weighted by Crippen LogP contribution is -2.34. The van der Waals surface area contributed by atoms with Crippen LogP contribution in [-0.2, 0) is 25.7 Å². The first-order chi connectivity index (χ1) is 22.8. The fourth-order valence-electron chi connectivity index (χ4n) is 7.50. The second kappa shape index (κ2) is 12.1. The molecule has 0 radical (unpaired) electrons. The van der Waals surface area contributed by atoms with Gasteiger partial charge in [-0.05, 0) is 124 Å². The Morgan fingerprint density at radius 2 is 1.43 bits per heavy atom. The Kier molecular flexibility index (Phi) is 7.75. The van der Waals surface area contributed by atoms with Gasteiger partial charge in [0, 0.05) is 37.3 Å². The van der Waals surface area contributed by atoms with E-state index in [9.17, 15) is 0 Å². The molecule has 5 aliphatic rings. The van der Waals surface area contributed by atoms with Crippen molar-refractivity contribution in [2.75, 3.05) is 61.5 Å². The van der Waals surface area contributed by atoms with Gasteiger partial charge < -0.3 is 28.6 Å². The largest absolute Gasteiger partial charge is 0.493 e. The number of fused-ring (bicyclic) bond motifs is 2. The number of likely N-dealkylation sites (N-methyl/N-ethyl adjacent to an activating group) is 3. The summed E-state index contributed by atoms with van der Waals surface area (Å²) in [5.74, 6) is 5.96. The number of hydrogen-bond acceptors (Lipinski definition) is 8. The van der Waals surface area contributed by atoms with Gasteiger partial charge in [-0.2, -0.15) is 0 Å². The maximum atomic E-state index is 6.94. The first-order valence-corrected chi connectivity index (χ1v) is 16.7. The molecule has 5 heterocycles. The second-order valence-corrected chi connectivity index (χ2v) is 13.6. The molecule has 0 spiro atoms. The van der Waals surface area contributed by atoms with E-state index in [4.69, 9.17) is 23.7 Å². The lowest BCUT2D eigenvalue weighted by atomic mass is 9.86. The molecule has 1 unspecified atom stereocenters. The number of methoxy groups -OCH3 is 1. The maximum Gasteiger partial charge on any atom is 0.212 e. The molecule has 0 saturated carbocycles. The molecule has 0 saturated heterocycles. The number of nitrogens with zero attached hydrogens (tertiary/aromatic N) is 3. The highest BCUT2D eigenvalue weighted by Crippen LogP contribution is 2.56. The minimum Gasteiger partial charge on any atom is -0.493 e. The zero-order chi connectivity index (χ0) is 32.2. The molecule has 0 amide bonds. The lowest BCUT2D eigenvalue weighted by Gasteiger charge is -2.39. The summed E-state index contributed by atoms with van der Waals surface area (Å²) in [6.45, 7) is 3.32. The third-order valence-electron chi connectivity index (χ3n) is 10.2. The van der Waals surface area contributed by atoms with Crippen molar-refractivity contribution in [3.05, 3.63) is 94.0 Å². The summed E-state index contributed by atoms with van der Waals surface area (Å²) in [6, 6.07) is 21.7. The first kappa shape index (κ1) is 30.1. The van der Waals surface area contributed by atoms with Crippen molar-refractivity contribution in [2.24, 2.45) is 0 Å². The van der Waals surface area contributed by atoms with Crippen molar-refractivity contribution in [3.63, 3.8) is 0 Å². The zero-order valence-electron chi connectivity index (χ0n) is 28.0. The molecule has 4 aromatic carbocycles. The zero-order valence-corrected chi connectivity index (χ0v) is 28.0. The quantitative estimate of drug-likeness (QED) is 0.202. The molecule has 244 valence electrons. The van der Waals surface area contributed by atoms with Crippen LogP contribution in [0.5, 0.6) is 46.0 Å². The predicted molar refractivity (Wildman–Crippen MR) is 182 cm³/mol. The van der Waals surface area contributed by atoms with E-state index < -0.39 is 0 Å². The van der Waals surface area contributed by atoms with Crippen LogP contribution in [0, 0.1) is 0 Å².